The number of rotatable bonds is 3. The number of amides is 1. The molecule has 3 heterocycles. The van der Waals surface area contributed by atoms with Crippen molar-refractivity contribution < 1.29 is 9.21 Å². The molecule has 0 aliphatic carbocycles. The normalized spacial score (nSPS) is 11.0. The number of benzene rings is 1. The van der Waals surface area contributed by atoms with Crippen LogP contribution in [0.3, 0.4) is 0 Å². The van der Waals surface area contributed by atoms with E-state index in [-0.39, 0.29) is 11.7 Å². The lowest BCUT2D eigenvalue weighted by atomic mass is 10.2. The first-order valence-electron chi connectivity index (χ1n) is 7.73. The number of fused-ring (bicyclic) bond motifs is 1. The van der Waals surface area contributed by atoms with Gasteiger partial charge in [0.25, 0.3) is 11.7 Å². The van der Waals surface area contributed by atoms with E-state index in [4.69, 9.17) is 4.42 Å². The Labute approximate surface area is 156 Å². The van der Waals surface area contributed by atoms with Gasteiger partial charge in [-0.15, -0.1) is 5.10 Å². The van der Waals surface area contributed by atoms with Gasteiger partial charge in [0.1, 0.15) is 0 Å². The summed E-state index contributed by atoms with van der Waals surface area (Å²) in [6, 6.07) is 7.26. The van der Waals surface area contributed by atoms with Gasteiger partial charge >= 0.3 is 0 Å². The summed E-state index contributed by atoms with van der Waals surface area (Å²) >= 11 is 3.35. The quantitative estimate of drug-likeness (QED) is 0.553. The molecular formula is C17H13BrN6O2. The molecule has 26 heavy (non-hydrogen) atoms. The molecule has 130 valence electrons. The SMILES string of the molecule is Cc1nc(C)c(C(=O)Nc2cccc(-c3nc4ncc(Br)cn4n3)c2)o1. The van der Waals surface area contributed by atoms with E-state index in [1.807, 2.05) is 12.1 Å². The molecule has 0 spiro atoms. The number of hydrogen-bond donors (Lipinski definition) is 1. The van der Waals surface area contributed by atoms with Crippen LogP contribution in [0, 0.1) is 13.8 Å². The van der Waals surface area contributed by atoms with Gasteiger partial charge in [0.2, 0.25) is 5.76 Å². The zero-order chi connectivity index (χ0) is 18.3. The van der Waals surface area contributed by atoms with Crippen molar-refractivity contribution in [3.63, 3.8) is 0 Å². The molecule has 0 saturated carbocycles. The van der Waals surface area contributed by atoms with E-state index in [9.17, 15) is 4.79 Å². The van der Waals surface area contributed by atoms with Crippen molar-refractivity contribution in [2.24, 2.45) is 0 Å². The van der Waals surface area contributed by atoms with Gasteiger partial charge in [-0.2, -0.15) is 4.98 Å². The van der Waals surface area contributed by atoms with Crippen molar-refractivity contribution in [3.05, 3.63) is 58.5 Å². The predicted molar refractivity (Wildman–Crippen MR) is 97.8 cm³/mol. The fourth-order valence-electron chi connectivity index (χ4n) is 2.55. The second kappa shape index (κ2) is 6.34. The summed E-state index contributed by atoms with van der Waals surface area (Å²) in [4.78, 5) is 25.1. The van der Waals surface area contributed by atoms with Gasteiger partial charge in [-0.3, -0.25) is 4.79 Å². The van der Waals surface area contributed by atoms with E-state index >= 15 is 0 Å². The first-order valence-corrected chi connectivity index (χ1v) is 8.52. The molecule has 0 bridgehead atoms. The third-order valence-corrected chi connectivity index (χ3v) is 4.06. The summed E-state index contributed by atoms with van der Waals surface area (Å²) in [7, 11) is 0. The van der Waals surface area contributed by atoms with Gasteiger partial charge in [-0.1, -0.05) is 12.1 Å². The Bertz CT molecular complexity index is 1130. The predicted octanol–water partition coefficient (Wildman–Crippen LogP) is 3.41. The number of anilines is 1. The first kappa shape index (κ1) is 16.4. The number of carbonyl (C=O) groups excluding carboxylic acids is 1. The van der Waals surface area contributed by atoms with Crippen LogP contribution in [0.4, 0.5) is 5.69 Å². The molecule has 0 aliphatic rings. The standard InChI is InChI=1S/C17H13BrN6O2/c1-9-14(26-10(2)20-9)16(25)21-13-5-3-4-11(6-13)15-22-17-19-7-12(18)8-24(17)23-15/h3-8H,1-2H3,(H,21,25). The highest BCUT2D eigenvalue weighted by atomic mass is 79.9. The van der Waals surface area contributed by atoms with E-state index in [1.54, 1.807) is 42.9 Å². The lowest BCUT2D eigenvalue weighted by Gasteiger charge is -2.04. The van der Waals surface area contributed by atoms with Crippen LogP contribution in [0.25, 0.3) is 17.2 Å². The molecule has 0 unspecified atom stereocenters. The van der Waals surface area contributed by atoms with E-state index < -0.39 is 0 Å². The second-order valence-corrected chi connectivity index (χ2v) is 6.55. The van der Waals surface area contributed by atoms with Crippen molar-refractivity contribution in [1.29, 1.82) is 0 Å². The van der Waals surface area contributed by atoms with Crippen molar-refractivity contribution in [2.45, 2.75) is 13.8 Å². The summed E-state index contributed by atoms with van der Waals surface area (Å²) in [6.45, 7) is 3.43. The molecule has 1 aromatic carbocycles. The molecule has 0 atom stereocenters. The largest absolute Gasteiger partial charge is 0.436 e. The summed E-state index contributed by atoms with van der Waals surface area (Å²) in [5.41, 5.74) is 1.92. The molecule has 0 fully saturated rings. The average Bonchev–Trinajstić information content (AvgIpc) is 3.17. The number of nitrogens with zero attached hydrogens (tertiary/aromatic N) is 5. The van der Waals surface area contributed by atoms with Crippen LogP contribution >= 0.6 is 15.9 Å². The molecule has 1 amide bonds. The number of hydrogen-bond acceptors (Lipinski definition) is 6. The van der Waals surface area contributed by atoms with Gasteiger partial charge in [-0.25, -0.2) is 14.5 Å². The van der Waals surface area contributed by atoms with Crippen LogP contribution in [0.5, 0.6) is 0 Å². The van der Waals surface area contributed by atoms with Gasteiger partial charge in [0.05, 0.1) is 10.2 Å². The molecule has 0 saturated heterocycles. The van der Waals surface area contributed by atoms with Crippen LogP contribution in [0.1, 0.15) is 22.1 Å². The smallest absolute Gasteiger partial charge is 0.293 e. The Balaban J connectivity index is 1.63. The number of halogens is 1. The monoisotopic (exact) mass is 412 g/mol. The molecule has 8 nitrogen and oxygen atoms in total. The molecule has 0 radical (unpaired) electrons. The van der Waals surface area contributed by atoms with Gasteiger partial charge in [0, 0.05) is 30.6 Å². The molecule has 1 N–H and O–H groups in total. The van der Waals surface area contributed by atoms with E-state index in [0.717, 1.165) is 10.0 Å². The lowest BCUT2D eigenvalue weighted by molar-refractivity contribution is 0.0994. The maximum atomic E-state index is 12.4. The minimum absolute atomic E-state index is 0.202. The van der Waals surface area contributed by atoms with Crippen LogP contribution in [-0.4, -0.2) is 30.5 Å². The summed E-state index contributed by atoms with van der Waals surface area (Å²) in [5.74, 6) is 1.30. The Kier molecular flexibility index (Phi) is 4.00. The Morgan fingerprint density at radius 1 is 1.27 bits per heavy atom. The maximum absolute atomic E-state index is 12.4. The highest BCUT2D eigenvalue weighted by molar-refractivity contribution is 9.10. The van der Waals surface area contributed by atoms with Gasteiger partial charge in [0.15, 0.2) is 11.7 Å². The first-order chi connectivity index (χ1) is 12.5. The molecular weight excluding hydrogens is 400 g/mol. The topological polar surface area (TPSA) is 98.2 Å². The zero-order valence-electron chi connectivity index (χ0n) is 13.9. The average molecular weight is 413 g/mol. The van der Waals surface area contributed by atoms with Gasteiger partial charge < -0.3 is 9.73 Å². The number of nitrogens with one attached hydrogen (secondary N) is 1. The number of carbonyl (C=O) groups is 1. The van der Waals surface area contributed by atoms with Crippen molar-refractivity contribution in [2.75, 3.05) is 5.32 Å². The third-order valence-electron chi connectivity index (χ3n) is 3.65. The summed E-state index contributed by atoms with van der Waals surface area (Å²) in [5, 5.41) is 7.22. The Morgan fingerprint density at radius 3 is 2.88 bits per heavy atom. The number of aryl methyl sites for hydroxylation is 2. The van der Waals surface area contributed by atoms with E-state index in [2.05, 4.69) is 41.3 Å². The van der Waals surface area contributed by atoms with E-state index in [1.165, 1.54) is 0 Å². The molecule has 4 aromatic rings. The summed E-state index contributed by atoms with van der Waals surface area (Å²) in [6.07, 6.45) is 3.44. The van der Waals surface area contributed by atoms with Crippen molar-refractivity contribution >= 4 is 33.3 Å². The molecule has 3 aromatic heterocycles. The highest BCUT2D eigenvalue weighted by Crippen LogP contribution is 2.21. The molecule has 4 rings (SSSR count). The van der Waals surface area contributed by atoms with Crippen LogP contribution in [0.15, 0.2) is 45.5 Å². The van der Waals surface area contributed by atoms with E-state index in [0.29, 0.717) is 28.9 Å². The lowest BCUT2D eigenvalue weighted by Crippen LogP contribution is -2.12. The molecule has 0 aliphatic heterocycles. The van der Waals surface area contributed by atoms with Crippen LogP contribution in [-0.2, 0) is 0 Å². The minimum Gasteiger partial charge on any atom is -0.436 e. The zero-order valence-corrected chi connectivity index (χ0v) is 15.5. The number of oxazole rings is 1. The highest BCUT2D eigenvalue weighted by Gasteiger charge is 2.16. The second-order valence-electron chi connectivity index (χ2n) is 5.63. The number of aromatic nitrogens is 5. The Hall–Kier alpha value is -3.07. The van der Waals surface area contributed by atoms with Gasteiger partial charge in [-0.05, 0) is 35.0 Å². The fourth-order valence-corrected chi connectivity index (χ4v) is 2.84. The molecule has 9 heteroatoms. The third kappa shape index (κ3) is 3.08. The fraction of sp³-hybridized carbons (Fsp3) is 0.118. The maximum Gasteiger partial charge on any atom is 0.293 e. The van der Waals surface area contributed by atoms with Crippen LogP contribution in [0.2, 0.25) is 0 Å². The van der Waals surface area contributed by atoms with Crippen molar-refractivity contribution in [3.8, 4) is 11.4 Å². The Morgan fingerprint density at radius 2 is 2.12 bits per heavy atom. The minimum atomic E-state index is -0.353. The van der Waals surface area contributed by atoms with Crippen LogP contribution < -0.4 is 5.32 Å². The van der Waals surface area contributed by atoms with Crippen molar-refractivity contribution in [1.82, 2.24) is 24.6 Å². The summed E-state index contributed by atoms with van der Waals surface area (Å²) < 4.78 is 7.74.